The Hall–Kier alpha value is -5.40. The van der Waals surface area contributed by atoms with Gasteiger partial charge in [-0.15, -0.1) is 11.8 Å². The number of hydrogen-bond acceptors (Lipinski definition) is 4. The third-order valence-electron chi connectivity index (χ3n) is 7.62. The summed E-state index contributed by atoms with van der Waals surface area (Å²) in [6.45, 7) is 8.25. The van der Waals surface area contributed by atoms with E-state index in [-0.39, 0.29) is 17.5 Å². The molecule has 6 nitrogen and oxygen atoms in total. The van der Waals surface area contributed by atoms with Gasteiger partial charge in [0.1, 0.15) is 10.9 Å². The van der Waals surface area contributed by atoms with Crippen LogP contribution in [0.2, 0.25) is 0 Å². The van der Waals surface area contributed by atoms with Crippen molar-refractivity contribution in [3.8, 4) is 0 Å². The number of carbonyl (C=O) groups excluding carboxylic acids is 3. The molecule has 242 valence electrons. The monoisotopic (exact) mass is 653 g/mol. The zero-order valence-corrected chi connectivity index (χ0v) is 28.3. The average molecular weight is 654 g/mol. The van der Waals surface area contributed by atoms with Crippen LogP contribution in [0.5, 0.6) is 0 Å². The summed E-state index contributed by atoms with van der Waals surface area (Å²) in [5, 5.41) is 8.30. The molecule has 1 unspecified atom stereocenters. The molecule has 0 radical (unpaired) electrons. The van der Waals surface area contributed by atoms with Crippen molar-refractivity contribution in [2.45, 2.75) is 43.8 Å². The fourth-order valence-electron chi connectivity index (χ4n) is 5.22. The van der Waals surface area contributed by atoms with Crippen molar-refractivity contribution in [1.82, 2.24) is 5.32 Å². The number of benzene rings is 5. The maximum Gasteiger partial charge on any atom is 0.272 e. The zero-order chi connectivity index (χ0) is 34.0. The molecule has 7 heteroatoms. The van der Waals surface area contributed by atoms with Crippen molar-refractivity contribution >= 4 is 46.9 Å². The van der Waals surface area contributed by atoms with Crippen LogP contribution >= 0.6 is 11.8 Å². The quantitative estimate of drug-likeness (QED) is 0.0980. The summed E-state index contributed by atoms with van der Waals surface area (Å²) in [6.07, 6.45) is 1.67. The fourth-order valence-corrected chi connectivity index (χ4v) is 6.31. The van der Waals surface area contributed by atoms with Gasteiger partial charge in [-0.3, -0.25) is 14.4 Å². The summed E-state index contributed by atoms with van der Waals surface area (Å²) >= 11 is 1.39. The number of carbonyl (C=O) groups is 3. The highest BCUT2D eigenvalue weighted by Crippen LogP contribution is 2.37. The number of nitrogens with one attached hydrogen (secondary N) is 3. The van der Waals surface area contributed by atoms with Crippen molar-refractivity contribution < 1.29 is 14.4 Å². The van der Waals surface area contributed by atoms with Crippen molar-refractivity contribution in [2.24, 2.45) is 0 Å². The number of anilines is 2. The molecule has 5 rings (SSSR count). The standard InChI is InChI=1S/C41H39N3O3S/c1-27(2)31-20-18-30(19-21-31)25-37(44-39(45)33-14-9-6-10-15-33)40(46)42-34-16-11-17-36(26-34)48-38(32-12-7-5-8-13-32)41(47)43-35-23-28(3)22-29(4)24-35/h5-27,38H,1-4H3,(H,42,46)(H,43,47)(H,44,45)/b37-25+. The Labute approximate surface area is 286 Å². The summed E-state index contributed by atoms with van der Waals surface area (Å²) in [4.78, 5) is 41.3. The lowest BCUT2D eigenvalue weighted by molar-refractivity contribution is -0.116. The van der Waals surface area contributed by atoms with Gasteiger partial charge >= 0.3 is 0 Å². The van der Waals surface area contributed by atoms with Crippen LogP contribution in [-0.2, 0) is 9.59 Å². The van der Waals surface area contributed by atoms with E-state index >= 15 is 0 Å². The highest BCUT2D eigenvalue weighted by atomic mass is 32.2. The van der Waals surface area contributed by atoms with Crippen LogP contribution < -0.4 is 16.0 Å². The molecular formula is C41H39N3O3S. The third-order valence-corrected chi connectivity index (χ3v) is 8.87. The molecule has 0 aliphatic carbocycles. The highest BCUT2D eigenvalue weighted by Gasteiger charge is 2.23. The molecule has 0 saturated carbocycles. The minimum Gasteiger partial charge on any atom is -0.325 e. The molecule has 0 spiro atoms. The molecule has 5 aromatic rings. The molecule has 0 fully saturated rings. The summed E-state index contributed by atoms with van der Waals surface area (Å²) in [6, 6.07) is 39.6. The van der Waals surface area contributed by atoms with Crippen LogP contribution in [0.15, 0.2) is 138 Å². The summed E-state index contributed by atoms with van der Waals surface area (Å²) in [5.74, 6) is -0.641. The summed E-state index contributed by atoms with van der Waals surface area (Å²) in [7, 11) is 0. The van der Waals surface area contributed by atoms with Crippen molar-refractivity contribution in [1.29, 1.82) is 0 Å². The van der Waals surface area contributed by atoms with Crippen LogP contribution in [0, 0.1) is 13.8 Å². The van der Waals surface area contributed by atoms with Gasteiger partial charge in [0.25, 0.3) is 11.8 Å². The molecule has 0 aliphatic heterocycles. The molecular weight excluding hydrogens is 615 g/mol. The number of amides is 3. The first kappa shape index (κ1) is 33.9. The summed E-state index contributed by atoms with van der Waals surface area (Å²) < 4.78 is 0. The third kappa shape index (κ3) is 9.33. The lowest BCUT2D eigenvalue weighted by Crippen LogP contribution is -2.30. The molecule has 0 aromatic heterocycles. The van der Waals surface area contributed by atoms with E-state index in [0.29, 0.717) is 17.2 Å². The van der Waals surface area contributed by atoms with Gasteiger partial charge in [-0.25, -0.2) is 0 Å². The Morgan fingerprint density at radius 3 is 1.94 bits per heavy atom. The summed E-state index contributed by atoms with van der Waals surface area (Å²) in [5.41, 5.74) is 6.77. The Morgan fingerprint density at radius 1 is 0.646 bits per heavy atom. The molecule has 48 heavy (non-hydrogen) atoms. The predicted molar refractivity (Wildman–Crippen MR) is 197 cm³/mol. The zero-order valence-electron chi connectivity index (χ0n) is 27.5. The molecule has 5 aromatic carbocycles. The minimum atomic E-state index is -0.549. The fraction of sp³-hybridized carbons (Fsp3) is 0.146. The average Bonchev–Trinajstić information content (AvgIpc) is 3.07. The molecule has 1 atom stereocenters. The van der Waals surface area contributed by atoms with E-state index in [1.807, 2.05) is 105 Å². The van der Waals surface area contributed by atoms with Gasteiger partial charge < -0.3 is 16.0 Å². The Morgan fingerprint density at radius 2 is 1.29 bits per heavy atom. The van der Waals surface area contributed by atoms with Crippen LogP contribution in [0.1, 0.15) is 63.2 Å². The Bertz CT molecular complexity index is 1900. The SMILES string of the molecule is Cc1cc(C)cc(NC(=O)C(Sc2cccc(NC(=O)/C(=C\c3ccc(C(C)C)cc3)NC(=O)c3ccccc3)c2)c2ccccc2)c1. The van der Waals surface area contributed by atoms with Crippen LogP contribution in [-0.4, -0.2) is 17.7 Å². The smallest absolute Gasteiger partial charge is 0.272 e. The number of thioether (sulfide) groups is 1. The normalized spacial score (nSPS) is 11.9. The van der Waals surface area contributed by atoms with Gasteiger partial charge in [0, 0.05) is 21.8 Å². The van der Waals surface area contributed by atoms with Crippen LogP contribution in [0.4, 0.5) is 11.4 Å². The maximum absolute atomic E-state index is 13.7. The topological polar surface area (TPSA) is 87.3 Å². The molecule has 0 bridgehead atoms. The van der Waals surface area contributed by atoms with Crippen molar-refractivity contribution in [2.75, 3.05) is 10.6 Å². The van der Waals surface area contributed by atoms with Crippen molar-refractivity contribution in [3.63, 3.8) is 0 Å². The second-order valence-electron chi connectivity index (χ2n) is 12.0. The molecule has 0 saturated heterocycles. The van der Waals surface area contributed by atoms with E-state index in [0.717, 1.165) is 32.8 Å². The Kier molecular flexibility index (Phi) is 11.3. The van der Waals surface area contributed by atoms with Gasteiger partial charge in [-0.2, -0.15) is 0 Å². The Balaban J connectivity index is 1.38. The number of rotatable bonds is 11. The van der Waals surface area contributed by atoms with Crippen LogP contribution in [0.3, 0.4) is 0 Å². The highest BCUT2D eigenvalue weighted by molar-refractivity contribution is 8.00. The van der Waals surface area contributed by atoms with Gasteiger partial charge in [0.15, 0.2) is 0 Å². The predicted octanol–water partition coefficient (Wildman–Crippen LogP) is 9.31. The first-order valence-corrected chi connectivity index (χ1v) is 16.7. The van der Waals surface area contributed by atoms with E-state index in [2.05, 4.69) is 35.9 Å². The van der Waals surface area contributed by atoms with E-state index in [1.165, 1.54) is 17.3 Å². The molecule has 0 aliphatic rings. The minimum absolute atomic E-state index is 0.106. The van der Waals surface area contributed by atoms with Crippen molar-refractivity contribution in [3.05, 3.63) is 166 Å². The maximum atomic E-state index is 13.7. The van der Waals surface area contributed by atoms with Gasteiger partial charge in [0.2, 0.25) is 5.91 Å². The van der Waals surface area contributed by atoms with Gasteiger partial charge in [0.05, 0.1) is 0 Å². The molecule has 3 N–H and O–H groups in total. The molecule has 0 heterocycles. The lowest BCUT2D eigenvalue weighted by atomic mass is 10.0. The van der Waals surface area contributed by atoms with E-state index in [9.17, 15) is 14.4 Å². The first-order chi connectivity index (χ1) is 23.1. The van der Waals surface area contributed by atoms with E-state index in [4.69, 9.17) is 0 Å². The number of aryl methyl sites for hydroxylation is 2. The molecule has 3 amide bonds. The first-order valence-electron chi connectivity index (χ1n) is 15.8. The van der Waals surface area contributed by atoms with Gasteiger partial charge in [-0.05, 0) is 96.1 Å². The van der Waals surface area contributed by atoms with E-state index < -0.39 is 11.2 Å². The second kappa shape index (κ2) is 15.9. The second-order valence-corrected chi connectivity index (χ2v) is 13.1. The largest absolute Gasteiger partial charge is 0.325 e. The van der Waals surface area contributed by atoms with E-state index in [1.54, 1.807) is 36.4 Å². The van der Waals surface area contributed by atoms with Gasteiger partial charge in [-0.1, -0.05) is 98.8 Å². The number of hydrogen-bond donors (Lipinski definition) is 3. The van der Waals surface area contributed by atoms with Crippen LogP contribution in [0.25, 0.3) is 6.08 Å². The lowest BCUT2D eigenvalue weighted by Gasteiger charge is -2.18.